The van der Waals surface area contributed by atoms with Crippen LogP contribution in [0.15, 0.2) is 4.99 Å². The predicted octanol–water partition coefficient (Wildman–Crippen LogP) is 0.861. The number of aliphatic imine (C=N–C) groups is 1. The van der Waals surface area contributed by atoms with Crippen molar-refractivity contribution in [1.82, 2.24) is 20.0 Å². The zero-order chi connectivity index (χ0) is 19.8. The fourth-order valence-corrected chi connectivity index (χ4v) is 4.16. The monoisotopic (exact) mass is 523 g/mol. The molecular formula is C20H38IN5O3. The van der Waals surface area contributed by atoms with Gasteiger partial charge >= 0.3 is 0 Å². The molecule has 3 aliphatic heterocycles. The summed E-state index contributed by atoms with van der Waals surface area (Å²) in [6, 6.07) is 0. The normalized spacial score (nSPS) is 25.7. The van der Waals surface area contributed by atoms with Crippen LogP contribution in [0.5, 0.6) is 0 Å². The maximum atomic E-state index is 12.0. The number of carbonyl (C=O) groups is 1. The second-order valence-corrected chi connectivity index (χ2v) is 8.21. The van der Waals surface area contributed by atoms with E-state index >= 15 is 0 Å². The molecular weight excluding hydrogens is 485 g/mol. The quantitative estimate of drug-likeness (QED) is 0.241. The zero-order valence-corrected chi connectivity index (χ0v) is 20.3. The van der Waals surface area contributed by atoms with Crippen molar-refractivity contribution < 1.29 is 14.3 Å². The Morgan fingerprint density at radius 2 is 1.97 bits per heavy atom. The van der Waals surface area contributed by atoms with Crippen LogP contribution < -0.4 is 5.32 Å². The third-order valence-electron chi connectivity index (χ3n) is 5.92. The SMILES string of the molecule is CN(C)C(=O)CN=C(NCCCN1CCOCC1)N1CCC2OCCCC2C1.I. The second-order valence-electron chi connectivity index (χ2n) is 8.21. The summed E-state index contributed by atoms with van der Waals surface area (Å²) in [5.74, 6) is 1.48. The molecule has 0 aromatic carbocycles. The number of nitrogens with one attached hydrogen (secondary N) is 1. The van der Waals surface area contributed by atoms with Crippen LogP contribution in [-0.2, 0) is 14.3 Å². The lowest BCUT2D eigenvalue weighted by atomic mass is 9.88. The topological polar surface area (TPSA) is 69.6 Å². The standard InChI is InChI=1S/C20H37N5O3.HI/c1-23(2)19(26)15-22-20(21-7-4-8-24-10-13-27-14-11-24)25-9-6-18-17(16-25)5-3-12-28-18;/h17-18H,3-16H2,1-2H3,(H,21,22);1H. The van der Waals surface area contributed by atoms with E-state index in [1.807, 2.05) is 0 Å². The summed E-state index contributed by atoms with van der Waals surface area (Å²) in [5, 5.41) is 3.53. The van der Waals surface area contributed by atoms with Gasteiger partial charge in [-0.3, -0.25) is 9.69 Å². The van der Waals surface area contributed by atoms with Gasteiger partial charge in [-0.1, -0.05) is 0 Å². The minimum absolute atomic E-state index is 0. The number of rotatable bonds is 6. The number of likely N-dealkylation sites (N-methyl/N-ethyl adjacent to an activating group) is 1. The van der Waals surface area contributed by atoms with E-state index in [0.717, 1.165) is 84.3 Å². The third kappa shape index (κ3) is 7.84. The highest BCUT2D eigenvalue weighted by molar-refractivity contribution is 14.0. The molecule has 3 aliphatic rings. The first kappa shape index (κ1) is 24.6. The van der Waals surface area contributed by atoms with E-state index in [9.17, 15) is 4.79 Å². The number of carbonyl (C=O) groups excluding carboxylic acids is 1. The van der Waals surface area contributed by atoms with Crippen LogP contribution in [0.1, 0.15) is 25.7 Å². The summed E-state index contributed by atoms with van der Waals surface area (Å²) in [7, 11) is 3.55. The smallest absolute Gasteiger partial charge is 0.243 e. The van der Waals surface area contributed by atoms with Crippen molar-refractivity contribution in [2.24, 2.45) is 10.9 Å². The number of hydrogen-bond acceptors (Lipinski definition) is 5. The molecule has 0 aliphatic carbocycles. The van der Waals surface area contributed by atoms with Gasteiger partial charge in [0.15, 0.2) is 5.96 Å². The third-order valence-corrected chi connectivity index (χ3v) is 5.92. The summed E-state index contributed by atoms with van der Waals surface area (Å²) in [6.45, 7) is 8.66. The van der Waals surface area contributed by atoms with Gasteiger partial charge in [-0.05, 0) is 32.2 Å². The molecule has 0 saturated carbocycles. The average molecular weight is 523 g/mol. The molecule has 0 aromatic heterocycles. The Balaban J connectivity index is 0.00000300. The molecule has 0 aromatic rings. The highest BCUT2D eigenvalue weighted by Gasteiger charge is 2.33. The zero-order valence-electron chi connectivity index (χ0n) is 18.0. The number of ether oxygens (including phenoxy) is 2. The van der Waals surface area contributed by atoms with Gasteiger partial charge in [-0.2, -0.15) is 0 Å². The second kappa shape index (κ2) is 12.9. The van der Waals surface area contributed by atoms with E-state index in [4.69, 9.17) is 9.47 Å². The van der Waals surface area contributed by atoms with E-state index in [1.54, 1.807) is 19.0 Å². The molecule has 3 rings (SSSR count). The number of likely N-dealkylation sites (tertiary alicyclic amines) is 1. The van der Waals surface area contributed by atoms with Crippen LogP contribution in [0.25, 0.3) is 0 Å². The number of piperidine rings is 1. The van der Waals surface area contributed by atoms with E-state index in [2.05, 4.69) is 20.1 Å². The molecule has 1 N–H and O–H groups in total. The molecule has 29 heavy (non-hydrogen) atoms. The molecule has 3 saturated heterocycles. The fraction of sp³-hybridized carbons (Fsp3) is 0.900. The molecule has 3 heterocycles. The highest BCUT2D eigenvalue weighted by Crippen LogP contribution is 2.28. The number of fused-ring (bicyclic) bond motifs is 1. The lowest BCUT2D eigenvalue weighted by molar-refractivity contribution is -0.127. The first-order chi connectivity index (χ1) is 13.6. The van der Waals surface area contributed by atoms with Crippen LogP contribution in [-0.4, -0.2) is 112 Å². The van der Waals surface area contributed by atoms with Gasteiger partial charge in [0, 0.05) is 59.3 Å². The predicted molar refractivity (Wildman–Crippen MR) is 125 cm³/mol. The molecule has 0 spiro atoms. The van der Waals surface area contributed by atoms with Crippen molar-refractivity contribution in [3.63, 3.8) is 0 Å². The van der Waals surface area contributed by atoms with E-state index in [-0.39, 0.29) is 36.4 Å². The number of morpholine rings is 1. The Kier molecular flexibility index (Phi) is 11.0. The number of hydrogen-bond donors (Lipinski definition) is 1. The van der Waals surface area contributed by atoms with Crippen molar-refractivity contribution in [2.45, 2.75) is 31.8 Å². The molecule has 2 atom stereocenters. The van der Waals surface area contributed by atoms with E-state index < -0.39 is 0 Å². The molecule has 1 amide bonds. The molecule has 8 nitrogen and oxygen atoms in total. The lowest BCUT2D eigenvalue weighted by Crippen LogP contribution is -2.52. The Morgan fingerprint density at radius 3 is 2.72 bits per heavy atom. The molecule has 0 radical (unpaired) electrons. The molecule has 0 bridgehead atoms. The summed E-state index contributed by atoms with van der Waals surface area (Å²) < 4.78 is 11.4. The first-order valence-electron chi connectivity index (χ1n) is 10.8. The Labute approximate surface area is 192 Å². The van der Waals surface area contributed by atoms with Gasteiger partial charge in [0.05, 0.1) is 19.3 Å². The number of guanidine groups is 1. The van der Waals surface area contributed by atoms with Crippen LogP contribution in [0, 0.1) is 5.92 Å². The highest BCUT2D eigenvalue weighted by atomic mass is 127. The largest absolute Gasteiger partial charge is 0.379 e. The maximum Gasteiger partial charge on any atom is 0.243 e. The fourth-order valence-electron chi connectivity index (χ4n) is 4.16. The minimum Gasteiger partial charge on any atom is -0.379 e. The van der Waals surface area contributed by atoms with Crippen molar-refractivity contribution in [3.05, 3.63) is 0 Å². The van der Waals surface area contributed by atoms with Crippen LogP contribution >= 0.6 is 24.0 Å². The van der Waals surface area contributed by atoms with Crippen LogP contribution in [0.3, 0.4) is 0 Å². The average Bonchev–Trinajstić information content (AvgIpc) is 2.73. The Hall–Kier alpha value is -0.650. The molecule has 2 unspecified atom stereocenters. The Morgan fingerprint density at radius 1 is 1.17 bits per heavy atom. The maximum absolute atomic E-state index is 12.0. The van der Waals surface area contributed by atoms with Crippen molar-refractivity contribution in [1.29, 1.82) is 0 Å². The van der Waals surface area contributed by atoms with Crippen LogP contribution in [0.2, 0.25) is 0 Å². The summed E-state index contributed by atoms with van der Waals surface area (Å²) in [6.07, 6.45) is 4.87. The molecule has 3 fully saturated rings. The van der Waals surface area contributed by atoms with Gasteiger partial charge in [0.25, 0.3) is 0 Å². The molecule has 9 heteroatoms. The van der Waals surface area contributed by atoms with Gasteiger partial charge in [-0.25, -0.2) is 4.99 Å². The van der Waals surface area contributed by atoms with E-state index in [1.165, 1.54) is 6.42 Å². The van der Waals surface area contributed by atoms with Crippen molar-refractivity contribution in [3.8, 4) is 0 Å². The number of halogens is 1. The lowest BCUT2D eigenvalue weighted by Gasteiger charge is -2.42. The number of nitrogens with zero attached hydrogens (tertiary/aromatic N) is 4. The van der Waals surface area contributed by atoms with Gasteiger partial charge in [0.2, 0.25) is 5.91 Å². The summed E-state index contributed by atoms with van der Waals surface area (Å²) >= 11 is 0. The van der Waals surface area contributed by atoms with Crippen molar-refractivity contribution in [2.75, 3.05) is 79.7 Å². The van der Waals surface area contributed by atoms with Gasteiger partial charge in [0.1, 0.15) is 6.54 Å². The van der Waals surface area contributed by atoms with E-state index in [0.29, 0.717) is 12.0 Å². The van der Waals surface area contributed by atoms with Gasteiger partial charge in [-0.15, -0.1) is 24.0 Å². The first-order valence-corrected chi connectivity index (χ1v) is 10.8. The minimum atomic E-state index is 0. The van der Waals surface area contributed by atoms with Crippen molar-refractivity contribution >= 4 is 35.8 Å². The van der Waals surface area contributed by atoms with Gasteiger partial charge < -0.3 is 24.6 Å². The Bertz CT molecular complexity index is 528. The van der Waals surface area contributed by atoms with Crippen LogP contribution in [0.4, 0.5) is 0 Å². The number of amides is 1. The summed E-state index contributed by atoms with van der Waals surface area (Å²) in [5.41, 5.74) is 0. The summed E-state index contributed by atoms with van der Waals surface area (Å²) in [4.78, 5) is 23.1. The molecule has 168 valence electrons.